The first-order chi connectivity index (χ1) is 7.34. The van der Waals surface area contributed by atoms with Crippen molar-refractivity contribution in [3.05, 3.63) is 29.3 Å². The van der Waals surface area contributed by atoms with E-state index >= 15 is 0 Å². The highest BCUT2D eigenvalue weighted by Crippen LogP contribution is 2.43. The van der Waals surface area contributed by atoms with Crippen LogP contribution in [0, 0.1) is 0 Å². The van der Waals surface area contributed by atoms with Crippen LogP contribution in [0.25, 0.3) is 0 Å². The van der Waals surface area contributed by atoms with Crippen molar-refractivity contribution >= 4 is 0 Å². The Morgan fingerprint density at radius 1 is 1.33 bits per heavy atom. The summed E-state index contributed by atoms with van der Waals surface area (Å²) in [5, 5.41) is 3.68. The molecule has 1 aliphatic carbocycles. The van der Waals surface area contributed by atoms with E-state index in [1.807, 2.05) is 0 Å². The average molecular weight is 203 g/mol. The number of ether oxygens (including phenoxy) is 1. The van der Waals surface area contributed by atoms with Crippen molar-refractivity contribution in [2.45, 2.75) is 31.2 Å². The van der Waals surface area contributed by atoms with Crippen molar-refractivity contribution in [1.82, 2.24) is 5.32 Å². The second-order valence-electron chi connectivity index (χ2n) is 4.64. The van der Waals surface area contributed by atoms with Crippen LogP contribution in [-0.2, 0) is 12.0 Å². The van der Waals surface area contributed by atoms with Gasteiger partial charge in [0.2, 0.25) is 0 Å². The van der Waals surface area contributed by atoms with Crippen molar-refractivity contribution in [2.24, 2.45) is 0 Å². The molecule has 2 heteroatoms. The molecule has 1 fully saturated rings. The quantitative estimate of drug-likeness (QED) is 0.755. The molecule has 1 heterocycles. The van der Waals surface area contributed by atoms with Crippen LogP contribution in [0.4, 0.5) is 0 Å². The Labute approximate surface area is 90.6 Å². The van der Waals surface area contributed by atoms with E-state index in [1.54, 1.807) is 7.11 Å². The Bertz CT molecular complexity index is 380. The zero-order chi connectivity index (χ0) is 10.3. The molecule has 0 saturated carbocycles. The molecule has 1 N–H and O–H groups in total. The normalized spacial score (nSPS) is 28.3. The third kappa shape index (κ3) is 1.28. The Balaban J connectivity index is 2.03. The van der Waals surface area contributed by atoms with E-state index in [1.165, 1.54) is 43.4 Å². The van der Waals surface area contributed by atoms with Gasteiger partial charge in [0.05, 0.1) is 7.11 Å². The zero-order valence-corrected chi connectivity index (χ0v) is 9.18. The minimum absolute atomic E-state index is 0.307. The summed E-state index contributed by atoms with van der Waals surface area (Å²) in [4.78, 5) is 0. The minimum Gasteiger partial charge on any atom is -0.497 e. The standard InChI is InChI=1S/C13H17NO/c1-15-11-3-4-12-10(9-11)5-7-13(12)6-2-8-14-13/h3-4,9,14H,2,5-8H2,1H3/t13-/m0/s1. The summed E-state index contributed by atoms with van der Waals surface area (Å²) in [6.45, 7) is 1.17. The first-order valence-corrected chi connectivity index (χ1v) is 5.76. The topological polar surface area (TPSA) is 21.3 Å². The van der Waals surface area contributed by atoms with Crippen LogP contribution in [-0.4, -0.2) is 13.7 Å². The molecule has 0 bridgehead atoms. The number of fused-ring (bicyclic) bond motifs is 2. The molecule has 2 aliphatic rings. The maximum Gasteiger partial charge on any atom is 0.119 e. The number of hydrogen-bond donors (Lipinski definition) is 1. The molecule has 0 radical (unpaired) electrons. The molecule has 15 heavy (non-hydrogen) atoms. The second kappa shape index (κ2) is 3.24. The first kappa shape index (κ1) is 9.22. The van der Waals surface area contributed by atoms with E-state index in [-0.39, 0.29) is 0 Å². The lowest BCUT2D eigenvalue weighted by atomic mass is 9.90. The molecule has 3 rings (SSSR count). The Morgan fingerprint density at radius 2 is 2.27 bits per heavy atom. The highest BCUT2D eigenvalue weighted by Gasteiger charge is 2.40. The van der Waals surface area contributed by atoms with Gasteiger partial charge in [-0.1, -0.05) is 6.07 Å². The largest absolute Gasteiger partial charge is 0.497 e. The Morgan fingerprint density at radius 3 is 3.00 bits per heavy atom. The van der Waals surface area contributed by atoms with Gasteiger partial charge >= 0.3 is 0 Å². The van der Waals surface area contributed by atoms with Gasteiger partial charge in [-0.3, -0.25) is 0 Å². The predicted octanol–water partition coefficient (Wildman–Crippen LogP) is 2.22. The van der Waals surface area contributed by atoms with Crippen LogP contribution in [0.3, 0.4) is 0 Å². The predicted molar refractivity (Wildman–Crippen MR) is 60.2 cm³/mol. The van der Waals surface area contributed by atoms with Crippen LogP contribution in [0.1, 0.15) is 30.4 Å². The summed E-state index contributed by atoms with van der Waals surface area (Å²) in [7, 11) is 1.74. The third-order valence-electron chi connectivity index (χ3n) is 3.89. The molecule has 80 valence electrons. The van der Waals surface area contributed by atoms with Gasteiger partial charge in [0.15, 0.2) is 0 Å². The molecule has 0 aromatic heterocycles. The molecule has 0 unspecified atom stereocenters. The van der Waals surface area contributed by atoms with E-state index in [2.05, 4.69) is 23.5 Å². The highest BCUT2D eigenvalue weighted by molar-refractivity contribution is 5.44. The number of rotatable bonds is 1. The van der Waals surface area contributed by atoms with Crippen LogP contribution in [0.2, 0.25) is 0 Å². The molecule has 1 atom stereocenters. The molecule has 1 saturated heterocycles. The van der Waals surface area contributed by atoms with Gasteiger partial charge in [0.25, 0.3) is 0 Å². The number of hydrogen-bond acceptors (Lipinski definition) is 2. The van der Waals surface area contributed by atoms with Crippen molar-refractivity contribution < 1.29 is 4.74 Å². The minimum atomic E-state index is 0.307. The fourth-order valence-corrected chi connectivity index (χ4v) is 3.10. The van der Waals surface area contributed by atoms with Gasteiger partial charge in [-0.15, -0.1) is 0 Å². The molecule has 1 spiro atoms. The monoisotopic (exact) mass is 203 g/mol. The van der Waals surface area contributed by atoms with Gasteiger partial charge in [0, 0.05) is 5.54 Å². The van der Waals surface area contributed by atoms with Gasteiger partial charge in [-0.2, -0.15) is 0 Å². The Hall–Kier alpha value is -1.02. The van der Waals surface area contributed by atoms with Crippen molar-refractivity contribution in [3.8, 4) is 5.75 Å². The third-order valence-corrected chi connectivity index (χ3v) is 3.89. The lowest BCUT2D eigenvalue weighted by Crippen LogP contribution is -2.34. The summed E-state index contributed by atoms with van der Waals surface area (Å²) < 4.78 is 5.27. The van der Waals surface area contributed by atoms with Crippen molar-refractivity contribution in [2.75, 3.05) is 13.7 Å². The maximum absolute atomic E-state index is 5.27. The fourth-order valence-electron chi connectivity index (χ4n) is 3.10. The van der Waals surface area contributed by atoms with Gasteiger partial charge in [-0.25, -0.2) is 0 Å². The van der Waals surface area contributed by atoms with Gasteiger partial charge in [-0.05, 0) is 55.5 Å². The lowest BCUT2D eigenvalue weighted by Gasteiger charge is -2.25. The SMILES string of the molecule is COc1ccc2c(c1)CC[C@@]21CCCN1. The summed E-state index contributed by atoms with van der Waals surface area (Å²) in [6, 6.07) is 6.54. The molecular weight excluding hydrogens is 186 g/mol. The average Bonchev–Trinajstić information content (AvgIpc) is 2.88. The molecule has 0 amide bonds. The summed E-state index contributed by atoms with van der Waals surface area (Å²) in [5.74, 6) is 0.990. The smallest absolute Gasteiger partial charge is 0.119 e. The van der Waals surface area contributed by atoms with E-state index < -0.39 is 0 Å². The summed E-state index contributed by atoms with van der Waals surface area (Å²) >= 11 is 0. The van der Waals surface area contributed by atoms with Crippen LogP contribution >= 0.6 is 0 Å². The number of benzene rings is 1. The van der Waals surface area contributed by atoms with Gasteiger partial charge < -0.3 is 10.1 Å². The molecule has 1 aromatic rings. The number of nitrogens with one attached hydrogen (secondary N) is 1. The first-order valence-electron chi connectivity index (χ1n) is 5.76. The molecule has 1 aromatic carbocycles. The fraction of sp³-hybridized carbons (Fsp3) is 0.538. The van der Waals surface area contributed by atoms with Gasteiger partial charge in [0.1, 0.15) is 5.75 Å². The van der Waals surface area contributed by atoms with Crippen molar-refractivity contribution in [1.29, 1.82) is 0 Å². The van der Waals surface area contributed by atoms with Crippen LogP contribution in [0.5, 0.6) is 5.75 Å². The van der Waals surface area contributed by atoms with E-state index in [0.29, 0.717) is 5.54 Å². The lowest BCUT2D eigenvalue weighted by molar-refractivity contribution is 0.388. The van der Waals surface area contributed by atoms with E-state index in [9.17, 15) is 0 Å². The molecule has 1 aliphatic heterocycles. The Kier molecular flexibility index (Phi) is 1.99. The molecular formula is C13H17NO. The van der Waals surface area contributed by atoms with Crippen LogP contribution in [0.15, 0.2) is 18.2 Å². The highest BCUT2D eigenvalue weighted by atomic mass is 16.5. The van der Waals surface area contributed by atoms with E-state index in [0.717, 1.165) is 5.75 Å². The second-order valence-corrected chi connectivity index (χ2v) is 4.64. The number of methoxy groups -OCH3 is 1. The van der Waals surface area contributed by atoms with E-state index in [4.69, 9.17) is 4.74 Å². The zero-order valence-electron chi connectivity index (χ0n) is 9.18. The number of aryl methyl sites for hydroxylation is 1. The summed E-state index contributed by atoms with van der Waals surface area (Å²) in [5.41, 5.74) is 3.30. The molecule has 2 nitrogen and oxygen atoms in total. The van der Waals surface area contributed by atoms with Crippen LogP contribution < -0.4 is 10.1 Å². The van der Waals surface area contributed by atoms with Crippen molar-refractivity contribution in [3.63, 3.8) is 0 Å². The maximum atomic E-state index is 5.27. The summed E-state index contributed by atoms with van der Waals surface area (Å²) in [6.07, 6.45) is 5.06.